The maximum atomic E-state index is 14.5. The van der Waals surface area contributed by atoms with E-state index in [-0.39, 0.29) is 6.10 Å². The fraction of sp³-hybridized carbons (Fsp3) is 0.562. The number of nitrogens with two attached hydrogens (primary N) is 1. The zero-order chi connectivity index (χ0) is 28.2. The number of piperidine rings is 1. The third-order valence-corrected chi connectivity index (χ3v) is 9.88. The number of hydrogen-bond acceptors (Lipinski definition) is 7. The molecule has 4 atom stereocenters. The Morgan fingerprint density at radius 3 is 2.05 bits per heavy atom. The predicted molar refractivity (Wildman–Crippen MR) is 156 cm³/mol. The summed E-state index contributed by atoms with van der Waals surface area (Å²) >= 11 is 1.62. The number of thioether (sulfide) groups is 1. The molecule has 216 valence electrons. The Hall–Kier alpha value is -2.39. The molecule has 8 heteroatoms. The Labute approximate surface area is 242 Å². The Kier molecular flexibility index (Phi) is 9.20. The molecule has 2 unspecified atom stereocenters. The average Bonchev–Trinajstić information content (AvgIpc) is 3.51. The van der Waals surface area contributed by atoms with E-state index in [0.29, 0.717) is 29.6 Å². The predicted octanol–water partition coefficient (Wildman–Crippen LogP) is 4.76. The molecule has 0 amide bonds. The molecular weight excluding hydrogens is 524 g/mol. The quantitative estimate of drug-likeness (QED) is 0.238. The SMILES string of the molecule is CSCC[C@H](N)C(=O)O[C@@H](C)OC(C(=O)OC1CC2CCC(C1)[N+]21CCCC1)(c1ccccc1)c1ccccc1. The minimum atomic E-state index is -1.61. The molecule has 0 aliphatic carbocycles. The third kappa shape index (κ3) is 5.69. The molecular formula is C32H43N2O5S+. The number of nitrogens with zero attached hydrogens (tertiary/aromatic N) is 1. The molecule has 3 saturated heterocycles. The van der Waals surface area contributed by atoms with Crippen LogP contribution in [0.2, 0.25) is 0 Å². The van der Waals surface area contributed by atoms with Gasteiger partial charge in [0, 0.05) is 38.5 Å². The summed E-state index contributed by atoms with van der Waals surface area (Å²) in [4.78, 5) is 27.2. The van der Waals surface area contributed by atoms with E-state index in [1.807, 2.05) is 66.9 Å². The van der Waals surface area contributed by atoms with Crippen molar-refractivity contribution in [3.05, 3.63) is 71.8 Å². The summed E-state index contributed by atoms with van der Waals surface area (Å²) in [6.07, 6.45) is 8.05. The molecule has 7 nitrogen and oxygen atoms in total. The van der Waals surface area contributed by atoms with Gasteiger partial charge in [-0.2, -0.15) is 11.8 Å². The highest BCUT2D eigenvalue weighted by atomic mass is 32.2. The van der Waals surface area contributed by atoms with Crippen molar-refractivity contribution in [3.8, 4) is 0 Å². The highest BCUT2D eigenvalue weighted by Gasteiger charge is 2.57. The van der Waals surface area contributed by atoms with E-state index in [4.69, 9.17) is 19.9 Å². The topological polar surface area (TPSA) is 87.9 Å². The number of benzene rings is 2. The van der Waals surface area contributed by atoms with Crippen LogP contribution in [0.3, 0.4) is 0 Å². The minimum Gasteiger partial charge on any atom is -0.459 e. The van der Waals surface area contributed by atoms with Crippen molar-refractivity contribution in [3.63, 3.8) is 0 Å². The Balaban J connectivity index is 1.42. The van der Waals surface area contributed by atoms with Crippen LogP contribution in [0.5, 0.6) is 0 Å². The van der Waals surface area contributed by atoms with Gasteiger partial charge in [0.1, 0.15) is 12.1 Å². The van der Waals surface area contributed by atoms with Gasteiger partial charge in [0.25, 0.3) is 0 Å². The maximum absolute atomic E-state index is 14.5. The molecule has 3 aliphatic heterocycles. The van der Waals surface area contributed by atoms with Crippen LogP contribution in [-0.4, -0.2) is 72.0 Å². The summed E-state index contributed by atoms with van der Waals surface area (Å²) in [5.41, 5.74) is 5.71. The fourth-order valence-corrected chi connectivity index (χ4v) is 7.85. The van der Waals surface area contributed by atoms with Gasteiger partial charge in [0.05, 0.1) is 25.2 Å². The van der Waals surface area contributed by atoms with Gasteiger partial charge in [-0.15, -0.1) is 0 Å². The lowest BCUT2D eigenvalue weighted by Gasteiger charge is -2.47. The first-order chi connectivity index (χ1) is 19.4. The van der Waals surface area contributed by atoms with Crippen LogP contribution in [0.4, 0.5) is 0 Å². The van der Waals surface area contributed by atoms with Gasteiger partial charge in [0.15, 0.2) is 0 Å². The number of ether oxygens (including phenoxy) is 3. The number of carbonyl (C=O) groups is 2. The lowest BCUT2D eigenvalue weighted by Crippen LogP contribution is -2.60. The molecule has 3 heterocycles. The van der Waals surface area contributed by atoms with Gasteiger partial charge in [-0.1, -0.05) is 60.7 Å². The van der Waals surface area contributed by atoms with E-state index in [9.17, 15) is 9.59 Å². The number of esters is 2. The number of quaternary nitrogens is 1. The Morgan fingerprint density at radius 2 is 1.52 bits per heavy atom. The summed E-state index contributed by atoms with van der Waals surface area (Å²) in [5.74, 6) is -0.272. The van der Waals surface area contributed by atoms with Crippen LogP contribution >= 0.6 is 11.8 Å². The molecule has 0 aromatic heterocycles. The molecule has 5 rings (SSSR count). The van der Waals surface area contributed by atoms with E-state index in [1.165, 1.54) is 43.3 Å². The van der Waals surface area contributed by atoms with Gasteiger partial charge in [-0.3, -0.25) is 4.79 Å². The summed E-state index contributed by atoms with van der Waals surface area (Å²) in [7, 11) is 0. The van der Waals surface area contributed by atoms with Gasteiger partial charge in [-0.05, 0) is 36.5 Å². The molecule has 2 N–H and O–H groups in total. The van der Waals surface area contributed by atoms with Crippen LogP contribution in [0.1, 0.15) is 63.0 Å². The van der Waals surface area contributed by atoms with Crippen molar-refractivity contribution in [1.82, 2.24) is 0 Å². The highest BCUT2D eigenvalue weighted by Crippen LogP contribution is 2.47. The minimum absolute atomic E-state index is 0.164. The zero-order valence-corrected chi connectivity index (χ0v) is 24.5. The number of carbonyl (C=O) groups excluding carboxylic acids is 2. The van der Waals surface area contributed by atoms with Crippen molar-refractivity contribution in [1.29, 1.82) is 0 Å². The van der Waals surface area contributed by atoms with Crippen LogP contribution < -0.4 is 5.73 Å². The lowest BCUT2D eigenvalue weighted by molar-refractivity contribution is -0.956. The summed E-state index contributed by atoms with van der Waals surface area (Å²) in [6.45, 7) is 4.16. The Bertz CT molecular complexity index is 1090. The smallest absolute Gasteiger partial charge is 0.348 e. The second kappa shape index (κ2) is 12.6. The largest absolute Gasteiger partial charge is 0.459 e. The van der Waals surface area contributed by atoms with Crippen LogP contribution in [0, 0.1) is 0 Å². The normalized spacial score (nSPS) is 24.9. The second-order valence-electron chi connectivity index (χ2n) is 11.6. The summed E-state index contributed by atoms with van der Waals surface area (Å²) in [6, 6.07) is 19.1. The first-order valence-electron chi connectivity index (χ1n) is 14.7. The van der Waals surface area contributed by atoms with Gasteiger partial charge in [-0.25, -0.2) is 4.79 Å². The van der Waals surface area contributed by atoms with Crippen LogP contribution in [0.15, 0.2) is 60.7 Å². The first kappa shape index (κ1) is 29.1. The van der Waals surface area contributed by atoms with E-state index in [1.54, 1.807) is 18.7 Å². The van der Waals surface area contributed by atoms with Crippen molar-refractivity contribution in [2.24, 2.45) is 5.73 Å². The van der Waals surface area contributed by atoms with Crippen LogP contribution in [0.25, 0.3) is 0 Å². The molecule has 40 heavy (non-hydrogen) atoms. The lowest BCUT2D eigenvalue weighted by atomic mass is 9.85. The Morgan fingerprint density at radius 1 is 0.975 bits per heavy atom. The molecule has 2 aromatic carbocycles. The fourth-order valence-electron chi connectivity index (χ4n) is 7.36. The highest BCUT2D eigenvalue weighted by molar-refractivity contribution is 7.98. The third-order valence-electron chi connectivity index (χ3n) is 9.24. The van der Waals surface area contributed by atoms with Crippen molar-refractivity contribution in [2.45, 2.75) is 88.0 Å². The van der Waals surface area contributed by atoms with Gasteiger partial charge >= 0.3 is 11.9 Å². The standard InChI is InChI=1S/C32H43N2O5S/c1-23(37-30(35)29(33)17-20-40-2)39-32(24-11-5-3-6-12-24,25-13-7-4-8-14-25)31(36)38-28-21-26-15-16-27(22-28)34(26)18-9-10-19-34/h3-8,11-14,23,26-29H,9-10,15-22,33H2,1-2H3/q+1/t23-,26?,27?,28?,29+/m1/s1. The monoisotopic (exact) mass is 567 g/mol. The number of hydrogen-bond donors (Lipinski definition) is 1. The number of rotatable bonds is 11. The molecule has 0 radical (unpaired) electrons. The molecule has 3 fully saturated rings. The van der Waals surface area contributed by atoms with Crippen molar-refractivity contribution >= 4 is 23.7 Å². The van der Waals surface area contributed by atoms with E-state index < -0.39 is 29.9 Å². The first-order valence-corrected chi connectivity index (χ1v) is 16.1. The van der Waals surface area contributed by atoms with Crippen LogP contribution in [-0.2, 0) is 29.4 Å². The van der Waals surface area contributed by atoms with Gasteiger partial charge in [0.2, 0.25) is 11.9 Å². The molecule has 3 aliphatic rings. The zero-order valence-electron chi connectivity index (χ0n) is 23.7. The van der Waals surface area contributed by atoms with Crippen molar-refractivity contribution < 1.29 is 28.3 Å². The molecule has 2 bridgehead atoms. The van der Waals surface area contributed by atoms with E-state index in [0.717, 1.165) is 18.6 Å². The molecule has 0 saturated carbocycles. The van der Waals surface area contributed by atoms with E-state index >= 15 is 0 Å². The summed E-state index contributed by atoms with van der Waals surface area (Å²) < 4.78 is 19.8. The molecule has 1 spiro atoms. The van der Waals surface area contributed by atoms with Gasteiger partial charge < -0.3 is 24.4 Å². The molecule has 2 aromatic rings. The van der Waals surface area contributed by atoms with Crippen molar-refractivity contribution in [2.75, 3.05) is 25.1 Å². The second-order valence-corrected chi connectivity index (χ2v) is 12.6. The average molecular weight is 568 g/mol. The summed E-state index contributed by atoms with van der Waals surface area (Å²) in [5, 5.41) is 0. The maximum Gasteiger partial charge on any atom is 0.348 e. The van der Waals surface area contributed by atoms with E-state index in [2.05, 4.69) is 0 Å².